The maximum absolute atomic E-state index is 5.40. The molecule has 2 rings (SSSR count). The number of ether oxygens (including phenoxy) is 1. The van der Waals surface area contributed by atoms with Gasteiger partial charge >= 0.3 is 0 Å². The second-order valence-electron chi connectivity index (χ2n) is 3.75. The second kappa shape index (κ2) is 6.01. The lowest BCUT2D eigenvalue weighted by Gasteiger charge is -2.04. The van der Waals surface area contributed by atoms with Gasteiger partial charge in [-0.3, -0.25) is 0 Å². The summed E-state index contributed by atoms with van der Waals surface area (Å²) in [5, 5.41) is 4.83. The molecule has 2 aromatic heterocycles. The largest absolute Gasteiger partial charge is 0.371 e. The van der Waals surface area contributed by atoms with Crippen LogP contribution in [0.1, 0.15) is 31.7 Å². The Balaban J connectivity index is 1.93. The van der Waals surface area contributed by atoms with Crippen molar-refractivity contribution in [3.8, 4) is 0 Å². The number of hydrogen-bond donors (Lipinski definition) is 0. The van der Waals surface area contributed by atoms with Crippen molar-refractivity contribution in [3.05, 3.63) is 24.1 Å². The zero-order valence-corrected chi connectivity index (χ0v) is 11.5. The first-order chi connectivity index (χ1) is 8.70. The van der Waals surface area contributed by atoms with Crippen LogP contribution in [0.15, 0.2) is 22.1 Å². The molecule has 0 saturated carbocycles. The van der Waals surface area contributed by atoms with Gasteiger partial charge in [0.15, 0.2) is 11.0 Å². The Labute approximate surface area is 110 Å². The SMILES string of the molecule is CCO[C@H](C)c1noc(CSc2nccn2C)n1. The molecule has 0 bridgehead atoms. The smallest absolute Gasteiger partial charge is 0.237 e. The highest BCUT2D eigenvalue weighted by molar-refractivity contribution is 7.98. The maximum atomic E-state index is 5.40. The molecule has 0 aromatic carbocycles. The molecule has 0 unspecified atom stereocenters. The Kier molecular flexibility index (Phi) is 4.38. The third-order valence-electron chi connectivity index (χ3n) is 2.37. The van der Waals surface area contributed by atoms with Gasteiger partial charge < -0.3 is 13.8 Å². The highest BCUT2D eigenvalue weighted by Gasteiger charge is 2.14. The first-order valence-electron chi connectivity index (χ1n) is 5.75. The number of aryl methyl sites for hydroxylation is 1. The highest BCUT2D eigenvalue weighted by atomic mass is 32.2. The second-order valence-corrected chi connectivity index (χ2v) is 4.70. The molecule has 6 nitrogen and oxygen atoms in total. The standard InChI is InChI=1S/C11H16N4O2S/c1-4-16-8(2)10-13-9(17-14-10)7-18-11-12-5-6-15(11)3/h5-6,8H,4,7H2,1-3H3/t8-/m1/s1. The number of hydrogen-bond acceptors (Lipinski definition) is 6. The summed E-state index contributed by atoms with van der Waals surface area (Å²) in [7, 11) is 1.95. The summed E-state index contributed by atoms with van der Waals surface area (Å²) >= 11 is 1.56. The number of thioether (sulfide) groups is 1. The van der Waals surface area contributed by atoms with Gasteiger partial charge in [-0.15, -0.1) is 0 Å². The Bertz CT molecular complexity index is 497. The zero-order chi connectivity index (χ0) is 13.0. The molecule has 0 radical (unpaired) electrons. The van der Waals surface area contributed by atoms with Crippen LogP contribution in [-0.4, -0.2) is 26.3 Å². The van der Waals surface area contributed by atoms with Gasteiger partial charge in [-0.25, -0.2) is 4.98 Å². The minimum Gasteiger partial charge on any atom is -0.371 e. The fourth-order valence-electron chi connectivity index (χ4n) is 1.43. The lowest BCUT2D eigenvalue weighted by molar-refractivity contribution is 0.0683. The predicted octanol–water partition coefficient (Wildman–Crippen LogP) is 2.19. The van der Waals surface area contributed by atoms with E-state index in [0.29, 0.717) is 24.1 Å². The molecule has 18 heavy (non-hydrogen) atoms. The van der Waals surface area contributed by atoms with Gasteiger partial charge in [0.25, 0.3) is 0 Å². The van der Waals surface area contributed by atoms with Crippen LogP contribution in [0.5, 0.6) is 0 Å². The summed E-state index contributed by atoms with van der Waals surface area (Å²) in [6.07, 6.45) is 3.53. The van der Waals surface area contributed by atoms with E-state index in [1.807, 2.05) is 31.7 Å². The first-order valence-corrected chi connectivity index (χ1v) is 6.73. The molecule has 0 amide bonds. The quantitative estimate of drug-likeness (QED) is 0.748. The van der Waals surface area contributed by atoms with E-state index < -0.39 is 0 Å². The highest BCUT2D eigenvalue weighted by Crippen LogP contribution is 2.21. The first kappa shape index (κ1) is 13.1. The summed E-state index contributed by atoms with van der Waals surface area (Å²) in [6, 6.07) is 0. The van der Waals surface area contributed by atoms with Crippen LogP contribution in [0.4, 0.5) is 0 Å². The summed E-state index contributed by atoms with van der Waals surface area (Å²) in [6.45, 7) is 4.48. The zero-order valence-electron chi connectivity index (χ0n) is 10.7. The van der Waals surface area contributed by atoms with E-state index >= 15 is 0 Å². The summed E-state index contributed by atoms with van der Waals surface area (Å²) < 4.78 is 12.5. The van der Waals surface area contributed by atoms with Crippen LogP contribution in [0.3, 0.4) is 0 Å². The minimum absolute atomic E-state index is 0.134. The topological polar surface area (TPSA) is 66.0 Å². The van der Waals surface area contributed by atoms with Crippen LogP contribution in [0.25, 0.3) is 0 Å². The Morgan fingerprint density at radius 1 is 1.56 bits per heavy atom. The van der Waals surface area contributed by atoms with E-state index in [2.05, 4.69) is 15.1 Å². The molecule has 0 fully saturated rings. The Hall–Kier alpha value is -1.34. The van der Waals surface area contributed by atoms with Crippen molar-refractivity contribution in [2.75, 3.05) is 6.61 Å². The minimum atomic E-state index is -0.134. The Morgan fingerprint density at radius 3 is 3.06 bits per heavy atom. The lowest BCUT2D eigenvalue weighted by Crippen LogP contribution is -2.01. The van der Waals surface area contributed by atoms with E-state index in [9.17, 15) is 0 Å². The average Bonchev–Trinajstić information content (AvgIpc) is 2.96. The van der Waals surface area contributed by atoms with E-state index in [1.54, 1.807) is 18.0 Å². The molecular formula is C11H16N4O2S. The molecule has 0 saturated heterocycles. The van der Waals surface area contributed by atoms with Crippen LogP contribution < -0.4 is 0 Å². The molecule has 0 aliphatic rings. The molecule has 7 heteroatoms. The number of nitrogens with zero attached hydrogens (tertiary/aromatic N) is 4. The van der Waals surface area contributed by atoms with Crippen molar-refractivity contribution in [2.45, 2.75) is 30.9 Å². The van der Waals surface area contributed by atoms with E-state index in [0.717, 1.165) is 5.16 Å². The van der Waals surface area contributed by atoms with Crippen molar-refractivity contribution in [1.82, 2.24) is 19.7 Å². The molecular weight excluding hydrogens is 252 g/mol. The van der Waals surface area contributed by atoms with E-state index in [-0.39, 0.29) is 6.10 Å². The van der Waals surface area contributed by atoms with Gasteiger partial charge in [-0.05, 0) is 13.8 Å². The number of aromatic nitrogens is 4. The molecule has 1 atom stereocenters. The van der Waals surface area contributed by atoms with Crippen molar-refractivity contribution in [3.63, 3.8) is 0 Å². The monoisotopic (exact) mass is 268 g/mol. The van der Waals surface area contributed by atoms with E-state index in [4.69, 9.17) is 9.26 Å². The molecule has 0 aliphatic carbocycles. The van der Waals surface area contributed by atoms with Crippen molar-refractivity contribution >= 4 is 11.8 Å². The van der Waals surface area contributed by atoms with E-state index in [1.165, 1.54) is 0 Å². The van der Waals surface area contributed by atoms with Crippen LogP contribution in [0, 0.1) is 0 Å². The lowest BCUT2D eigenvalue weighted by atomic mass is 10.4. The normalized spacial score (nSPS) is 12.8. The third kappa shape index (κ3) is 3.11. The average molecular weight is 268 g/mol. The van der Waals surface area contributed by atoms with Gasteiger partial charge in [0, 0.05) is 26.0 Å². The summed E-state index contributed by atoms with van der Waals surface area (Å²) in [4.78, 5) is 8.51. The summed E-state index contributed by atoms with van der Waals surface area (Å²) in [5.41, 5.74) is 0. The third-order valence-corrected chi connectivity index (χ3v) is 3.41. The molecule has 98 valence electrons. The van der Waals surface area contributed by atoms with Crippen LogP contribution in [-0.2, 0) is 17.5 Å². The molecule has 2 heterocycles. The maximum Gasteiger partial charge on any atom is 0.237 e. The number of imidazole rings is 1. The van der Waals surface area contributed by atoms with Gasteiger partial charge in [-0.1, -0.05) is 16.9 Å². The van der Waals surface area contributed by atoms with Crippen LogP contribution >= 0.6 is 11.8 Å². The van der Waals surface area contributed by atoms with Gasteiger partial charge in [0.2, 0.25) is 5.89 Å². The molecule has 0 aliphatic heterocycles. The van der Waals surface area contributed by atoms with Gasteiger partial charge in [0.1, 0.15) is 6.10 Å². The van der Waals surface area contributed by atoms with Gasteiger partial charge in [0.05, 0.1) is 5.75 Å². The summed E-state index contributed by atoms with van der Waals surface area (Å²) in [5.74, 6) is 1.79. The fraction of sp³-hybridized carbons (Fsp3) is 0.545. The van der Waals surface area contributed by atoms with Crippen molar-refractivity contribution < 1.29 is 9.26 Å². The predicted molar refractivity (Wildman–Crippen MR) is 67.1 cm³/mol. The number of rotatable bonds is 6. The van der Waals surface area contributed by atoms with Gasteiger partial charge in [-0.2, -0.15) is 4.98 Å². The fourth-order valence-corrected chi connectivity index (χ4v) is 2.20. The van der Waals surface area contributed by atoms with Crippen molar-refractivity contribution in [2.24, 2.45) is 7.05 Å². The van der Waals surface area contributed by atoms with Crippen molar-refractivity contribution in [1.29, 1.82) is 0 Å². The molecule has 2 aromatic rings. The van der Waals surface area contributed by atoms with Crippen LogP contribution in [0.2, 0.25) is 0 Å². The molecule has 0 spiro atoms. The molecule has 0 N–H and O–H groups in total. The Morgan fingerprint density at radius 2 is 2.39 bits per heavy atom.